The van der Waals surface area contributed by atoms with Crippen molar-refractivity contribution < 1.29 is 0 Å². The first-order valence-corrected chi connectivity index (χ1v) is 10.6. The van der Waals surface area contributed by atoms with Gasteiger partial charge in [0.2, 0.25) is 0 Å². The van der Waals surface area contributed by atoms with E-state index in [4.69, 9.17) is 0 Å². The summed E-state index contributed by atoms with van der Waals surface area (Å²) in [5.41, 5.74) is 1.35. The number of hydrogen-bond acceptors (Lipinski definition) is 0. The quantitative estimate of drug-likeness (QED) is 0.637. The maximum atomic E-state index is 3.66. The molecular formula is C9H13Si3. The van der Waals surface area contributed by atoms with E-state index in [1.807, 2.05) is 0 Å². The van der Waals surface area contributed by atoms with Gasteiger partial charge in [-0.25, -0.2) is 0 Å². The zero-order valence-corrected chi connectivity index (χ0v) is 10.8. The van der Waals surface area contributed by atoms with Gasteiger partial charge in [-0.3, -0.25) is 0 Å². The first-order valence-electron chi connectivity index (χ1n) is 4.07. The van der Waals surface area contributed by atoms with Gasteiger partial charge in [0.1, 0.15) is 0 Å². The number of hydrogen-bond donors (Lipinski definition) is 0. The predicted molar refractivity (Wildman–Crippen MR) is 59.8 cm³/mol. The van der Waals surface area contributed by atoms with Gasteiger partial charge in [-0.15, -0.1) is 0 Å². The first kappa shape index (κ1) is 9.95. The van der Waals surface area contributed by atoms with Crippen LogP contribution in [0.1, 0.15) is 5.56 Å². The average Bonchev–Trinajstić information content (AvgIpc) is 2.05. The Morgan fingerprint density at radius 2 is 1.67 bits per heavy atom. The molecule has 0 heterocycles. The van der Waals surface area contributed by atoms with E-state index in [1.165, 1.54) is 5.56 Å². The van der Waals surface area contributed by atoms with Crippen LogP contribution >= 0.6 is 0 Å². The first-order chi connectivity index (χ1) is 5.56. The molecule has 0 bridgehead atoms. The third-order valence-corrected chi connectivity index (χ3v) is 12.9. The zero-order chi connectivity index (χ0) is 9.19. The van der Waals surface area contributed by atoms with Crippen LogP contribution in [0, 0.1) is 6.92 Å². The third kappa shape index (κ3) is 2.18. The van der Waals surface area contributed by atoms with Crippen molar-refractivity contribution >= 4 is 31.1 Å². The van der Waals surface area contributed by atoms with E-state index in [1.54, 1.807) is 5.19 Å². The van der Waals surface area contributed by atoms with E-state index in [9.17, 15) is 0 Å². The normalized spacial score (nSPS) is 11.7. The van der Waals surface area contributed by atoms with Gasteiger partial charge in [-0.1, -0.05) is 48.1 Å². The zero-order valence-electron chi connectivity index (χ0n) is 7.81. The molecular weight excluding hydrogens is 192 g/mol. The summed E-state index contributed by atoms with van der Waals surface area (Å²) >= 11 is 0. The smallest absolute Gasteiger partial charge is 0.0648 e. The summed E-state index contributed by atoms with van der Waals surface area (Å²) in [5.74, 6) is 0. The maximum Gasteiger partial charge on any atom is 0.0648 e. The molecule has 0 N–H and O–H groups in total. The third-order valence-electron chi connectivity index (χ3n) is 2.09. The molecule has 1 aromatic carbocycles. The fourth-order valence-corrected chi connectivity index (χ4v) is 4.42. The van der Waals surface area contributed by atoms with Gasteiger partial charge >= 0.3 is 0 Å². The van der Waals surface area contributed by atoms with Crippen molar-refractivity contribution in [3.8, 4) is 0 Å². The van der Waals surface area contributed by atoms with E-state index in [0.29, 0.717) is 0 Å². The van der Waals surface area contributed by atoms with E-state index < -0.39 is 7.59 Å². The Morgan fingerprint density at radius 3 is 2.08 bits per heavy atom. The summed E-state index contributed by atoms with van der Waals surface area (Å²) in [4.78, 5) is 0. The van der Waals surface area contributed by atoms with Crippen molar-refractivity contribution in [3.63, 3.8) is 0 Å². The largest absolute Gasteiger partial charge is 0.0680 e. The van der Waals surface area contributed by atoms with E-state index in [-0.39, 0.29) is 0 Å². The summed E-state index contributed by atoms with van der Waals surface area (Å²) in [5, 5.41) is 1.54. The molecule has 1 aromatic rings. The average molecular weight is 205 g/mol. The van der Waals surface area contributed by atoms with Crippen LogP contribution in [-0.4, -0.2) is 25.9 Å². The highest BCUT2D eigenvalue weighted by atomic mass is 29.5. The van der Waals surface area contributed by atoms with Gasteiger partial charge in [0.25, 0.3) is 0 Å². The maximum absolute atomic E-state index is 3.66. The minimum atomic E-state index is -1.13. The molecule has 0 amide bonds. The molecule has 0 nitrogen and oxygen atoms in total. The Balaban J connectivity index is 2.96. The lowest BCUT2D eigenvalue weighted by molar-refractivity contribution is 1.49. The molecule has 5 radical (unpaired) electrons. The summed E-state index contributed by atoms with van der Waals surface area (Å²) < 4.78 is 0. The summed E-state index contributed by atoms with van der Waals surface area (Å²) in [7, 11) is 3.43. The van der Waals surface area contributed by atoms with Crippen LogP contribution in [-0.2, 0) is 0 Å². The summed E-state index contributed by atoms with van der Waals surface area (Å²) in [6.07, 6.45) is 0. The lowest BCUT2D eigenvalue weighted by Crippen LogP contribution is -2.48. The van der Waals surface area contributed by atoms with Crippen molar-refractivity contribution in [2.24, 2.45) is 0 Å². The molecule has 0 saturated carbocycles. The van der Waals surface area contributed by atoms with Crippen LogP contribution in [0.25, 0.3) is 0 Å². The van der Waals surface area contributed by atoms with Gasteiger partial charge in [0.05, 0.1) is 7.59 Å². The molecule has 0 atom stereocenters. The van der Waals surface area contributed by atoms with E-state index in [2.05, 4.69) is 54.0 Å². The summed E-state index contributed by atoms with van der Waals surface area (Å²) in [6, 6.07) is 8.95. The lowest BCUT2D eigenvalue weighted by Gasteiger charge is -2.20. The number of aryl methyl sites for hydroxylation is 1. The number of rotatable bonds is 2. The molecule has 3 heteroatoms. The second kappa shape index (κ2) is 3.72. The molecule has 0 aliphatic rings. The SMILES string of the molecule is Cc1ccc([Si](C)(C)[Si][Si])cc1. The number of benzene rings is 1. The highest BCUT2D eigenvalue weighted by Crippen LogP contribution is 2.01. The Bertz CT molecular complexity index is 251. The predicted octanol–water partition coefficient (Wildman–Crippen LogP) is 1.19. The van der Waals surface area contributed by atoms with Crippen LogP contribution in [0.4, 0.5) is 0 Å². The van der Waals surface area contributed by atoms with Crippen LogP contribution in [0.2, 0.25) is 13.1 Å². The van der Waals surface area contributed by atoms with Crippen molar-refractivity contribution in [1.29, 1.82) is 0 Å². The monoisotopic (exact) mass is 205 g/mol. The van der Waals surface area contributed by atoms with Gasteiger partial charge < -0.3 is 0 Å². The lowest BCUT2D eigenvalue weighted by atomic mass is 10.2. The van der Waals surface area contributed by atoms with Crippen LogP contribution in [0.15, 0.2) is 24.3 Å². The Hall–Kier alpha value is -0.129. The molecule has 61 valence electrons. The standard InChI is InChI=1S/C9H13Si3/c1-8-4-6-9(7-5-8)12(2,3)11-10/h4-7H,1-3H3. The Morgan fingerprint density at radius 1 is 1.17 bits per heavy atom. The molecule has 0 fully saturated rings. The van der Waals surface area contributed by atoms with Crippen LogP contribution in [0.3, 0.4) is 0 Å². The summed E-state index contributed by atoms with van der Waals surface area (Å²) in [6.45, 7) is 6.92. The van der Waals surface area contributed by atoms with Crippen LogP contribution in [0.5, 0.6) is 0 Å². The fraction of sp³-hybridized carbons (Fsp3) is 0.333. The second-order valence-electron chi connectivity index (χ2n) is 3.62. The molecule has 1 rings (SSSR count). The molecule has 0 aliphatic carbocycles. The fourth-order valence-electron chi connectivity index (χ4n) is 1.04. The molecule has 0 aromatic heterocycles. The Kier molecular flexibility index (Phi) is 3.09. The Labute approximate surface area is 81.2 Å². The van der Waals surface area contributed by atoms with Crippen molar-refractivity contribution in [3.05, 3.63) is 29.8 Å². The highest BCUT2D eigenvalue weighted by Gasteiger charge is 2.20. The molecule has 0 aliphatic heterocycles. The van der Waals surface area contributed by atoms with E-state index >= 15 is 0 Å². The molecule has 0 spiro atoms. The van der Waals surface area contributed by atoms with Crippen molar-refractivity contribution in [2.75, 3.05) is 0 Å². The second-order valence-corrected chi connectivity index (χ2v) is 14.4. The highest BCUT2D eigenvalue weighted by molar-refractivity contribution is 7.43. The van der Waals surface area contributed by atoms with Gasteiger partial charge in [0, 0.05) is 18.3 Å². The topological polar surface area (TPSA) is 0 Å². The van der Waals surface area contributed by atoms with Crippen molar-refractivity contribution in [1.82, 2.24) is 0 Å². The molecule has 0 saturated heterocycles. The van der Waals surface area contributed by atoms with Gasteiger partial charge in [-0.2, -0.15) is 0 Å². The van der Waals surface area contributed by atoms with Crippen molar-refractivity contribution in [2.45, 2.75) is 20.0 Å². The van der Waals surface area contributed by atoms with E-state index in [0.717, 1.165) is 8.55 Å². The van der Waals surface area contributed by atoms with Gasteiger partial charge in [-0.05, 0) is 6.92 Å². The molecule has 12 heavy (non-hydrogen) atoms. The van der Waals surface area contributed by atoms with Gasteiger partial charge in [0.15, 0.2) is 0 Å². The molecule has 0 unspecified atom stereocenters. The minimum Gasteiger partial charge on any atom is -0.0680 e. The minimum absolute atomic E-state index is 0.903. The van der Waals surface area contributed by atoms with Crippen LogP contribution < -0.4 is 5.19 Å².